The van der Waals surface area contributed by atoms with Crippen molar-refractivity contribution in [3.05, 3.63) is 56.4 Å². The minimum absolute atomic E-state index is 0.194. The fraction of sp³-hybridized carbons (Fsp3) is 0.231. The molecule has 0 saturated heterocycles. The van der Waals surface area contributed by atoms with Crippen LogP contribution in [0.4, 0.5) is 4.39 Å². The summed E-state index contributed by atoms with van der Waals surface area (Å²) in [7, 11) is 0. The zero-order chi connectivity index (χ0) is 13.0. The summed E-state index contributed by atoms with van der Waals surface area (Å²) in [6.07, 6.45) is -0.194. The van der Waals surface area contributed by atoms with Crippen molar-refractivity contribution >= 4 is 27.3 Å². The summed E-state index contributed by atoms with van der Waals surface area (Å²) in [5, 5.41) is 0. The van der Waals surface area contributed by atoms with Crippen LogP contribution in [0.15, 0.2) is 40.2 Å². The van der Waals surface area contributed by atoms with Crippen LogP contribution in [0.1, 0.15) is 16.5 Å². The van der Waals surface area contributed by atoms with E-state index < -0.39 is 0 Å². The molecule has 0 spiro atoms. The van der Waals surface area contributed by atoms with Gasteiger partial charge in [-0.1, -0.05) is 18.2 Å². The quantitative estimate of drug-likeness (QED) is 0.903. The van der Waals surface area contributed by atoms with Gasteiger partial charge in [0.25, 0.3) is 0 Å². The van der Waals surface area contributed by atoms with Gasteiger partial charge in [-0.3, -0.25) is 0 Å². The Morgan fingerprint density at radius 3 is 2.67 bits per heavy atom. The van der Waals surface area contributed by atoms with E-state index in [1.807, 2.05) is 12.1 Å². The SMILES string of the molecule is NCC(OCc1ccccc1F)c1ccc(Br)s1. The molecule has 2 rings (SSSR count). The van der Waals surface area contributed by atoms with Gasteiger partial charge in [-0.25, -0.2) is 4.39 Å². The molecule has 1 heterocycles. The van der Waals surface area contributed by atoms with Gasteiger partial charge >= 0.3 is 0 Å². The van der Waals surface area contributed by atoms with Crippen LogP contribution in [-0.2, 0) is 11.3 Å². The van der Waals surface area contributed by atoms with Gasteiger partial charge in [-0.05, 0) is 34.1 Å². The standard InChI is InChI=1S/C13H13BrFNOS/c14-13-6-5-12(18-13)11(7-16)17-8-9-3-1-2-4-10(9)15/h1-6,11H,7-8,16H2. The van der Waals surface area contributed by atoms with E-state index in [2.05, 4.69) is 15.9 Å². The first-order valence-corrected chi connectivity index (χ1v) is 7.12. The first kappa shape index (κ1) is 13.7. The Kier molecular flexibility index (Phi) is 4.88. The van der Waals surface area contributed by atoms with Crippen molar-refractivity contribution in [3.63, 3.8) is 0 Å². The molecule has 1 atom stereocenters. The Labute approximate surface area is 118 Å². The number of nitrogens with two attached hydrogens (primary N) is 1. The maximum absolute atomic E-state index is 13.4. The van der Waals surface area contributed by atoms with E-state index in [1.165, 1.54) is 6.07 Å². The fourth-order valence-corrected chi connectivity index (χ4v) is 3.06. The largest absolute Gasteiger partial charge is 0.367 e. The van der Waals surface area contributed by atoms with Gasteiger partial charge in [0.1, 0.15) is 11.9 Å². The molecule has 0 aliphatic heterocycles. The molecule has 1 aromatic carbocycles. The summed E-state index contributed by atoms with van der Waals surface area (Å²) >= 11 is 4.98. The number of rotatable bonds is 5. The maximum atomic E-state index is 13.4. The van der Waals surface area contributed by atoms with Crippen molar-refractivity contribution in [3.8, 4) is 0 Å². The lowest BCUT2D eigenvalue weighted by Gasteiger charge is -2.14. The van der Waals surface area contributed by atoms with Crippen LogP contribution in [0.3, 0.4) is 0 Å². The topological polar surface area (TPSA) is 35.2 Å². The fourth-order valence-electron chi connectivity index (χ4n) is 1.57. The lowest BCUT2D eigenvalue weighted by molar-refractivity contribution is 0.0463. The van der Waals surface area contributed by atoms with Crippen LogP contribution < -0.4 is 5.73 Å². The van der Waals surface area contributed by atoms with Gasteiger partial charge in [0, 0.05) is 17.0 Å². The van der Waals surface area contributed by atoms with E-state index in [0.717, 1.165) is 8.66 Å². The third-order valence-corrected chi connectivity index (χ3v) is 4.24. The van der Waals surface area contributed by atoms with Crippen molar-refractivity contribution in [1.82, 2.24) is 0 Å². The molecule has 0 bridgehead atoms. The number of benzene rings is 1. The molecule has 96 valence electrons. The van der Waals surface area contributed by atoms with Crippen LogP contribution in [0.2, 0.25) is 0 Å². The number of ether oxygens (including phenoxy) is 1. The summed E-state index contributed by atoms with van der Waals surface area (Å²) in [6.45, 7) is 0.603. The van der Waals surface area contributed by atoms with E-state index in [-0.39, 0.29) is 18.5 Å². The van der Waals surface area contributed by atoms with Crippen LogP contribution in [0.25, 0.3) is 0 Å². The minimum Gasteiger partial charge on any atom is -0.367 e. The number of thiophene rings is 1. The summed E-state index contributed by atoms with van der Waals surface area (Å²) in [6, 6.07) is 10.5. The molecule has 1 aromatic heterocycles. The zero-order valence-corrected chi connectivity index (χ0v) is 12.0. The number of hydrogen-bond acceptors (Lipinski definition) is 3. The van der Waals surface area contributed by atoms with Crippen LogP contribution >= 0.6 is 27.3 Å². The molecule has 0 fully saturated rings. The van der Waals surface area contributed by atoms with Crippen LogP contribution in [0, 0.1) is 5.82 Å². The Morgan fingerprint density at radius 1 is 1.28 bits per heavy atom. The first-order valence-electron chi connectivity index (χ1n) is 5.51. The molecule has 2 nitrogen and oxygen atoms in total. The third kappa shape index (κ3) is 3.38. The molecule has 0 saturated carbocycles. The molecule has 1 unspecified atom stereocenters. The van der Waals surface area contributed by atoms with E-state index in [4.69, 9.17) is 10.5 Å². The van der Waals surface area contributed by atoms with Crippen molar-refractivity contribution in [2.75, 3.05) is 6.54 Å². The van der Waals surface area contributed by atoms with Gasteiger partial charge in [0.15, 0.2) is 0 Å². The second-order valence-electron chi connectivity index (χ2n) is 3.77. The van der Waals surface area contributed by atoms with Gasteiger partial charge in [-0.15, -0.1) is 11.3 Å². The lowest BCUT2D eigenvalue weighted by Crippen LogP contribution is -2.15. The highest BCUT2D eigenvalue weighted by molar-refractivity contribution is 9.11. The predicted octanol–water partition coefficient (Wildman–Crippen LogP) is 3.87. The van der Waals surface area contributed by atoms with Gasteiger partial charge in [0.05, 0.1) is 10.4 Å². The zero-order valence-electron chi connectivity index (χ0n) is 9.61. The Hall–Kier alpha value is -0.750. The van der Waals surface area contributed by atoms with Crippen LogP contribution in [0.5, 0.6) is 0 Å². The highest BCUT2D eigenvalue weighted by Gasteiger charge is 2.13. The molecule has 18 heavy (non-hydrogen) atoms. The Bertz CT molecular complexity index is 517. The van der Waals surface area contributed by atoms with E-state index in [1.54, 1.807) is 29.5 Å². The highest BCUT2D eigenvalue weighted by atomic mass is 79.9. The molecular weight excluding hydrogens is 317 g/mol. The van der Waals surface area contributed by atoms with Gasteiger partial charge < -0.3 is 10.5 Å². The van der Waals surface area contributed by atoms with Crippen molar-refractivity contribution in [1.29, 1.82) is 0 Å². The third-order valence-electron chi connectivity index (χ3n) is 2.52. The number of hydrogen-bond donors (Lipinski definition) is 1. The summed E-state index contributed by atoms with van der Waals surface area (Å²) in [4.78, 5) is 1.04. The normalized spacial score (nSPS) is 12.6. The molecular formula is C13H13BrFNOS. The van der Waals surface area contributed by atoms with Crippen molar-refractivity contribution < 1.29 is 9.13 Å². The minimum atomic E-state index is -0.249. The number of halogens is 2. The molecule has 2 N–H and O–H groups in total. The molecule has 0 radical (unpaired) electrons. The second kappa shape index (κ2) is 6.43. The molecule has 5 heteroatoms. The maximum Gasteiger partial charge on any atom is 0.128 e. The highest BCUT2D eigenvalue weighted by Crippen LogP contribution is 2.29. The summed E-state index contributed by atoms with van der Waals surface area (Å²) in [5.41, 5.74) is 6.24. The molecule has 0 aliphatic rings. The second-order valence-corrected chi connectivity index (χ2v) is 6.26. The van der Waals surface area contributed by atoms with Crippen molar-refractivity contribution in [2.45, 2.75) is 12.7 Å². The Morgan fingerprint density at radius 2 is 2.06 bits per heavy atom. The van der Waals surface area contributed by atoms with E-state index >= 15 is 0 Å². The lowest BCUT2D eigenvalue weighted by atomic mass is 10.2. The average molecular weight is 330 g/mol. The van der Waals surface area contributed by atoms with Crippen LogP contribution in [-0.4, -0.2) is 6.54 Å². The Balaban J connectivity index is 2.02. The molecule has 0 aliphatic carbocycles. The molecule has 0 amide bonds. The predicted molar refractivity (Wildman–Crippen MR) is 75.0 cm³/mol. The summed E-state index contributed by atoms with van der Waals surface area (Å²) < 4.78 is 20.1. The van der Waals surface area contributed by atoms with E-state index in [0.29, 0.717) is 12.1 Å². The average Bonchev–Trinajstić information content (AvgIpc) is 2.79. The van der Waals surface area contributed by atoms with Gasteiger partial charge in [-0.2, -0.15) is 0 Å². The van der Waals surface area contributed by atoms with Gasteiger partial charge in [0.2, 0.25) is 0 Å². The molecule has 2 aromatic rings. The van der Waals surface area contributed by atoms with Crippen molar-refractivity contribution in [2.24, 2.45) is 5.73 Å². The smallest absolute Gasteiger partial charge is 0.128 e. The van der Waals surface area contributed by atoms with E-state index in [9.17, 15) is 4.39 Å². The monoisotopic (exact) mass is 329 g/mol. The summed E-state index contributed by atoms with van der Waals surface area (Å²) in [5.74, 6) is -0.249. The first-order chi connectivity index (χ1) is 8.70.